The number of pyridine rings is 4. The van der Waals surface area contributed by atoms with E-state index in [1.165, 1.54) is 0 Å². The Morgan fingerprint density at radius 3 is 1.22 bits per heavy atom. The number of rotatable bonds is 10. The Kier molecular flexibility index (Phi) is 16.9. The van der Waals surface area contributed by atoms with Crippen LogP contribution in [-0.2, 0) is 28.2 Å². The molecular formula is C91H74N16O2+6. The van der Waals surface area contributed by atoms with Crippen molar-refractivity contribution in [3.05, 3.63) is 400 Å². The highest BCUT2D eigenvalue weighted by atomic mass is 16.3. The molecule has 11 aliphatic heterocycles. The van der Waals surface area contributed by atoms with Crippen LogP contribution in [0, 0.1) is 0 Å². The van der Waals surface area contributed by atoms with Crippen LogP contribution in [0.15, 0.2) is 390 Å². The van der Waals surface area contributed by atoms with Crippen LogP contribution in [0.1, 0.15) is 51.2 Å². The molecule has 524 valence electrons. The number of para-hydroxylation sites is 2. The van der Waals surface area contributed by atoms with Crippen LogP contribution in [0.25, 0.3) is 39.0 Å². The lowest BCUT2D eigenvalue weighted by Gasteiger charge is -2.16. The maximum atomic E-state index is 12.3. The van der Waals surface area contributed by atoms with Crippen molar-refractivity contribution in [2.24, 2.45) is 63.1 Å². The zero-order valence-corrected chi connectivity index (χ0v) is 60.7. The molecule has 0 saturated carbocycles. The molecule has 0 spiro atoms. The highest BCUT2D eigenvalue weighted by Crippen LogP contribution is 2.43. The zero-order chi connectivity index (χ0) is 74.0. The molecule has 0 amide bonds. The molecule has 6 N–H and O–H groups in total. The van der Waals surface area contributed by atoms with E-state index in [-0.39, 0.29) is 11.8 Å². The molecule has 109 heavy (non-hydrogen) atoms. The molecule has 11 aliphatic rings. The van der Waals surface area contributed by atoms with Gasteiger partial charge in [-0.3, -0.25) is 5.32 Å². The summed E-state index contributed by atoms with van der Waals surface area (Å²) in [7, 11) is 12.1. The fourth-order valence-electron chi connectivity index (χ4n) is 14.9. The molecule has 0 fully saturated rings. The summed E-state index contributed by atoms with van der Waals surface area (Å²) in [6.07, 6.45) is 61.8. The number of aliphatic hydroxyl groups excluding tert-OH is 2. The number of hydrogen-bond donors (Lipinski definition) is 5. The average molecular weight is 1420 g/mol. The molecule has 5 aromatic heterocycles. The molecule has 18 heteroatoms. The summed E-state index contributed by atoms with van der Waals surface area (Å²) in [4.78, 5) is 49.4. The van der Waals surface area contributed by atoms with E-state index in [9.17, 15) is 10.2 Å². The molecule has 7 aromatic rings. The molecule has 18 nitrogen and oxygen atoms in total. The van der Waals surface area contributed by atoms with Gasteiger partial charge in [-0.1, -0.05) is 36.4 Å². The second kappa shape index (κ2) is 27.6. The zero-order valence-electron chi connectivity index (χ0n) is 60.7. The fraction of sp³-hybridized carbons (Fsp3) is 0.0769. The number of aliphatic imine (C=N–C) groups is 7. The predicted molar refractivity (Wildman–Crippen MR) is 431 cm³/mol. The van der Waals surface area contributed by atoms with Crippen LogP contribution in [0.5, 0.6) is 0 Å². The Morgan fingerprint density at radius 1 is 0.385 bits per heavy atom. The van der Waals surface area contributed by atoms with Gasteiger partial charge in [-0.2, -0.15) is 0 Å². The molecule has 16 bridgehead atoms. The molecule has 0 aliphatic carbocycles. The van der Waals surface area contributed by atoms with Crippen molar-refractivity contribution < 1.29 is 38.8 Å². The van der Waals surface area contributed by atoms with Crippen LogP contribution < -0.4 is 28.6 Å². The second-order valence-corrected chi connectivity index (χ2v) is 27.8. The second-order valence-electron chi connectivity index (χ2n) is 27.8. The van der Waals surface area contributed by atoms with E-state index in [1.54, 1.807) is 0 Å². The van der Waals surface area contributed by atoms with E-state index < -0.39 is 6.42 Å². The summed E-state index contributed by atoms with van der Waals surface area (Å²) in [5.41, 5.74) is 27.6. The molecule has 0 radical (unpaired) electrons. The Hall–Kier alpha value is -14.4. The number of H-pyrrole nitrogens is 1. The Balaban J connectivity index is 0.759. The number of aromatic nitrogens is 5. The maximum Gasteiger partial charge on any atom is 0.218 e. The van der Waals surface area contributed by atoms with Gasteiger partial charge >= 0.3 is 0 Å². The van der Waals surface area contributed by atoms with Crippen LogP contribution >= 0.6 is 0 Å². The number of quaternary nitrogens is 1. The minimum atomic E-state index is -0.417. The van der Waals surface area contributed by atoms with Gasteiger partial charge in [-0.05, 0) is 132 Å². The normalized spacial score (nSPS) is 18.5. The lowest BCUT2D eigenvalue weighted by molar-refractivity contribution is -0.671. The molecule has 0 unspecified atom stereocenters. The topological polar surface area (TPSA) is 195 Å². The number of nitrogens with two attached hydrogens (primary N) is 1. The molecule has 0 atom stereocenters. The Bertz CT molecular complexity index is 6130. The predicted octanol–water partition coefficient (Wildman–Crippen LogP) is 11.2. The number of nitrogens with zero attached hydrogens (tertiary/aromatic N) is 13. The number of aliphatic hydroxyl groups is 2. The Morgan fingerprint density at radius 2 is 0.743 bits per heavy atom. The summed E-state index contributed by atoms with van der Waals surface area (Å²) >= 11 is 0. The van der Waals surface area contributed by atoms with Crippen LogP contribution in [0.2, 0.25) is 0 Å². The third kappa shape index (κ3) is 12.8. The monoisotopic (exact) mass is 1420 g/mol. The van der Waals surface area contributed by atoms with Crippen LogP contribution in [0.3, 0.4) is 0 Å². The third-order valence-corrected chi connectivity index (χ3v) is 20.3. The van der Waals surface area contributed by atoms with Gasteiger partial charge in [0.1, 0.15) is 45.2 Å². The van der Waals surface area contributed by atoms with Gasteiger partial charge in [0.2, 0.25) is 11.4 Å². The van der Waals surface area contributed by atoms with Crippen LogP contribution in [-0.4, -0.2) is 85.2 Å². The molecule has 0 saturated heterocycles. The minimum absolute atomic E-state index is 0.375. The fourth-order valence-corrected chi connectivity index (χ4v) is 14.9. The number of aryl methyl sites for hydroxylation is 4. The van der Waals surface area contributed by atoms with Gasteiger partial charge in [0.05, 0.1) is 86.0 Å². The van der Waals surface area contributed by atoms with E-state index in [0.29, 0.717) is 62.2 Å². The van der Waals surface area contributed by atoms with E-state index in [1.807, 2.05) is 193 Å². The number of aromatic amines is 1. The van der Waals surface area contributed by atoms with Gasteiger partial charge in [-0.25, -0.2) is 58.2 Å². The van der Waals surface area contributed by atoms with Gasteiger partial charge in [0.15, 0.2) is 61.4 Å². The maximum absolute atomic E-state index is 12.3. The largest absolute Gasteiger partial charge is 0.496 e. The van der Waals surface area contributed by atoms with Crippen molar-refractivity contribution in [3.63, 3.8) is 0 Å². The number of benzene rings is 2. The first-order valence-corrected chi connectivity index (χ1v) is 36.0. The number of allylic oxidation sites excluding steroid dienone is 27. The first-order chi connectivity index (χ1) is 53.2. The highest BCUT2D eigenvalue weighted by Gasteiger charge is 2.36. The van der Waals surface area contributed by atoms with Crippen molar-refractivity contribution in [2.75, 3.05) is 14.1 Å². The summed E-state index contributed by atoms with van der Waals surface area (Å²) in [5, 5.41) is 26.9. The number of hydrogen-bond acceptors (Lipinski definition) is 9. The van der Waals surface area contributed by atoms with Crippen LogP contribution in [0.4, 0.5) is 11.4 Å². The van der Waals surface area contributed by atoms with E-state index >= 15 is 0 Å². The summed E-state index contributed by atoms with van der Waals surface area (Å²) < 4.78 is 8.09. The third-order valence-electron chi connectivity index (χ3n) is 20.3. The first kappa shape index (κ1) is 66.6. The van der Waals surface area contributed by atoms with Gasteiger partial charge in [0, 0.05) is 173 Å². The standard InChI is InChI=1S/C91H70N16O2/c1-102-43-31-56(32-44-102)84-66-15-19-70(92-66)86(58-35-47-104(3)48-36-58)74-23-27-78(96-74)90(79-28-24-75(97-79)87(71-20-16-67(84)93-71)59-37-49-105(4)50-38-59)62-11-7-9-13-64(62)100-82(108)55-83(109)101-65-14-10-8-12-63(65)91-80-29-25-76(98-80)88(60-39-51-106(5)52-40-60)72-21-17-68(94-72)85(57-33-45-103(2)46-34-57)69-18-22-73(95-69)89(77-26-30-81(91)99-77)61-41-53-107(6)54-42-61/h7-54H,55H2,1-6H3,(H2-2,92,93,94,95,96,97,98,99,100,101,108,109)/q+2/p+4. The minimum Gasteiger partial charge on any atom is -0.496 e. The summed E-state index contributed by atoms with van der Waals surface area (Å²) in [6, 6.07) is 36.4. The smallest absolute Gasteiger partial charge is 0.218 e. The molecule has 18 rings (SSSR count). The lowest BCUT2D eigenvalue weighted by atomic mass is 9.97. The lowest BCUT2D eigenvalue weighted by Crippen LogP contribution is -2.80. The van der Waals surface area contributed by atoms with Crippen molar-refractivity contribution in [1.82, 2.24) is 14.8 Å². The highest BCUT2D eigenvalue weighted by molar-refractivity contribution is 6.39. The van der Waals surface area contributed by atoms with Crippen molar-refractivity contribution in [3.8, 4) is 0 Å². The summed E-state index contributed by atoms with van der Waals surface area (Å²) in [6.45, 7) is 0. The molecule has 2 aromatic carbocycles. The summed E-state index contributed by atoms with van der Waals surface area (Å²) in [5.74, 6) is -0.753. The quantitative estimate of drug-likeness (QED) is 0.0517. The van der Waals surface area contributed by atoms with Crippen molar-refractivity contribution in [2.45, 2.75) is 6.42 Å². The van der Waals surface area contributed by atoms with E-state index in [2.05, 4.69) is 186 Å². The van der Waals surface area contributed by atoms with E-state index in [4.69, 9.17) is 34.9 Å². The van der Waals surface area contributed by atoms with Gasteiger partial charge in [0.25, 0.3) is 0 Å². The number of fused-ring (bicyclic) bond motifs is 10. The average Bonchev–Trinajstić information content (AvgIpc) is 1.62. The molecule has 16 heterocycles. The van der Waals surface area contributed by atoms with E-state index in [0.717, 1.165) is 130 Å². The van der Waals surface area contributed by atoms with Gasteiger partial charge < -0.3 is 25.0 Å². The van der Waals surface area contributed by atoms with Crippen molar-refractivity contribution in [1.29, 1.82) is 0 Å². The first-order valence-electron chi connectivity index (χ1n) is 36.0. The molecular weight excluding hydrogens is 1350 g/mol. The number of nitrogens with one attached hydrogen (secondary N) is 2. The van der Waals surface area contributed by atoms with Crippen molar-refractivity contribution >= 4 is 96.5 Å². The SMILES string of the molecule is CN1C=CC(=C2C3=CC=C([NH2+]3)C(c3cc[n+](C)cc3)=C3C=CC(=[NH+]3)C(c3cc[n+](C)cc3)=C3C=CC(=N3)C(c3ccccc3N=C(O)CC(O)=Nc3ccccc3C3=C4C=CC(=N4)C(c4cc[n+](C)cc4)=C4C=CC(=N4)C(=C4C=CN(C)C=C4)c4ccc([nH]4)C(c4cc[n+](C)cc4)=C4C=CC3=N4)=C3C=CC2=N3)C=C1. The Labute approximate surface area is 630 Å². The van der Waals surface area contributed by atoms with Gasteiger partial charge in [-0.15, -0.1) is 0 Å².